The average molecular weight is 284 g/mol. The number of nitrogens with one attached hydrogen (secondary N) is 1. The number of aliphatic carboxylic acids is 1. The van der Waals surface area contributed by atoms with Gasteiger partial charge in [-0.3, -0.25) is 9.78 Å². The summed E-state index contributed by atoms with van der Waals surface area (Å²) in [7, 11) is 0. The van der Waals surface area contributed by atoms with E-state index in [0.717, 1.165) is 0 Å². The number of rotatable bonds is 5. The molecule has 0 saturated heterocycles. The molecule has 5 nitrogen and oxygen atoms in total. The van der Waals surface area contributed by atoms with Gasteiger partial charge in [0.05, 0.1) is 11.1 Å². The van der Waals surface area contributed by atoms with Gasteiger partial charge >= 0.3 is 5.97 Å². The molecule has 0 aliphatic rings. The predicted octanol–water partition coefficient (Wildman–Crippen LogP) is 2.38. The highest BCUT2D eigenvalue weighted by Crippen LogP contribution is 2.16. The van der Waals surface area contributed by atoms with Crippen molar-refractivity contribution in [3.05, 3.63) is 54.2 Å². The van der Waals surface area contributed by atoms with Crippen molar-refractivity contribution in [2.24, 2.45) is 0 Å². The molecule has 1 heterocycles. The van der Waals surface area contributed by atoms with Gasteiger partial charge in [-0.2, -0.15) is 0 Å². The average Bonchev–Trinajstić information content (AvgIpc) is 2.45. The second-order valence-electron chi connectivity index (χ2n) is 4.90. The molecule has 1 aromatic heterocycles. The number of carbonyl (C=O) groups is 2. The number of amides is 1. The van der Waals surface area contributed by atoms with E-state index in [0.29, 0.717) is 22.0 Å². The van der Waals surface area contributed by atoms with E-state index in [1.807, 2.05) is 12.1 Å². The summed E-state index contributed by atoms with van der Waals surface area (Å²) >= 11 is 0. The van der Waals surface area contributed by atoms with E-state index in [9.17, 15) is 9.59 Å². The second-order valence-corrected chi connectivity index (χ2v) is 4.90. The lowest BCUT2D eigenvalue weighted by molar-refractivity contribution is -0.139. The van der Waals surface area contributed by atoms with Crippen LogP contribution in [0.1, 0.15) is 23.7 Å². The zero-order valence-electron chi connectivity index (χ0n) is 11.7. The first kappa shape index (κ1) is 14.7. The molecule has 0 saturated carbocycles. The van der Waals surface area contributed by atoms with E-state index in [1.54, 1.807) is 25.1 Å². The van der Waals surface area contributed by atoms with Crippen molar-refractivity contribution in [3.63, 3.8) is 0 Å². The summed E-state index contributed by atoms with van der Waals surface area (Å²) < 4.78 is 0. The maximum Gasteiger partial charge on any atom is 0.326 e. The van der Waals surface area contributed by atoms with Gasteiger partial charge in [-0.1, -0.05) is 23.8 Å². The first-order valence-corrected chi connectivity index (χ1v) is 6.51. The lowest BCUT2D eigenvalue weighted by Gasteiger charge is -2.15. The highest BCUT2D eigenvalue weighted by atomic mass is 16.4. The minimum Gasteiger partial charge on any atom is -0.480 e. The number of pyridine rings is 1. The molecule has 0 radical (unpaired) electrons. The number of aromatic nitrogens is 1. The molecule has 0 aliphatic heterocycles. The Morgan fingerprint density at radius 1 is 1.33 bits per heavy atom. The molecule has 5 heteroatoms. The molecule has 0 aliphatic carbocycles. The van der Waals surface area contributed by atoms with E-state index in [4.69, 9.17) is 5.11 Å². The quantitative estimate of drug-likeness (QED) is 0.826. The Kier molecular flexibility index (Phi) is 4.33. The Balaban J connectivity index is 2.29. The molecule has 1 atom stereocenters. The molecular formula is C16H16N2O3. The van der Waals surface area contributed by atoms with Gasteiger partial charge in [0.15, 0.2) is 0 Å². The molecule has 2 N–H and O–H groups in total. The number of nitrogens with zero attached hydrogens (tertiary/aromatic N) is 1. The van der Waals surface area contributed by atoms with E-state index in [2.05, 4.69) is 16.9 Å². The van der Waals surface area contributed by atoms with Gasteiger partial charge in [0.25, 0.3) is 5.91 Å². The van der Waals surface area contributed by atoms with Gasteiger partial charge in [0.2, 0.25) is 0 Å². The number of hydrogen-bond acceptors (Lipinski definition) is 3. The molecule has 21 heavy (non-hydrogen) atoms. The molecule has 1 aromatic carbocycles. The number of benzene rings is 1. The third-order valence-corrected chi connectivity index (χ3v) is 3.05. The van der Waals surface area contributed by atoms with Crippen molar-refractivity contribution in [2.45, 2.75) is 19.4 Å². The van der Waals surface area contributed by atoms with E-state index in [-0.39, 0.29) is 6.42 Å². The lowest BCUT2D eigenvalue weighted by Crippen LogP contribution is -2.41. The van der Waals surface area contributed by atoms with Crippen molar-refractivity contribution < 1.29 is 14.7 Å². The second kappa shape index (κ2) is 6.17. The molecule has 108 valence electrons. The zero-order valence-corrected chi connectivity index (χ0v) is 11.7. The summed E-state index contributed by atoms with van der Waals surface area (Å²) in [5.74, 6) is -1.51. The van der Waals surface area contributed by atoms with E-state index < -0.39 is 17.9 Å². The van der Waals surface area contributed by atoms with Crippen LogP contribution in [-0.4, -0.2) is 28.0 Å². The van der Waals surface area contributed by atoms with Crippen molar-refractivity contribution in [3.8, 4) is 0 Å². The van der Waals surface area contributed by atoms with Crippen LogP contribution in [0.25, 0.3) is 10.9 Å². The zero-order chi connectivity index (χ0) is 15.4. The van der Waals surface area contributed by atoms with Gasteiger partial charge < -0.3 is 10.4 Å². The van der Waals surface area contributed by atoms with Crippen LogP contribution in [0.3, 0.4) is 0 Å². The van der Waals surface area contributed by atoms with E-state index in [1.165, 1.54) is 6.20 Å². The van der Waals surface area contributed by atoms with Gasteiger partial charge in [-0.15, -0.1) is 6.58 Å². The van der Waals surface area contributed by atoms with Gasteiger partial charge in [0.1, 0.15) is 6.04 Å². The van der Waals surface area contributed by atoms with Crippen molar-refractivity contribution in [1.82, 2.24) is 10.3 Å². The number of carboxylic acid groups (broad SMARTS) is 1. The molecule has 1 amide bonds. The van der Waals surface area contributed by atoms with Crippen molar-refractivity contribution in [2.75, 3.05) is 0 Å². The molecule has 0 spiro atoms. The topological polar surface area (TPSA) is 79.3 Å². The smallest absolute Gasteiger partial charge is 0.326 e. The van der Waals surface area contributed by atoms with Crippen LogP contribution in [0.5, 0.6) is 0 Å². The van der Waals surface area contributed by atoms with Crippen LogP contribution in [0, 0.1) is 0 Å². The Labute approximate surface area is 122 Å². The van der Waals surface area contributed by atoms with Crippen LogP contribution >= 0.6 is 0 Å². The Hall–Kier alpha value is -2.69. The van der Waals surface area contributed by atoms with Crippen LogP contribution in [-0.2, 0) is 4.79 Å². The summed E-state index contributed by atoms with van der Waals surface area (Å²) in [4.78, 5) is 27.7. The number of hydrogen-bond donors (Lipinski definition) is 2. The summed E-state index contributed by atoms with van der Waals surface area (Å²) in [6.07, 6.45) is 1.73. The highest BCUT2D eigenvalue weighted by Gasteiger charge is 2.21. The van der Waals surface area contributed by atoms with Gasteiger partial charge in [-0.05, 0) is 25.5 Å². The summed E-state index contributed by atoms with van der Waals surface area (Å²) in [6.45, 7) is 5.41. The SMILES string of the molecule is C=C(C)C[C@H](NC(=O)c1ccnc2ccccc12)C(=O)O. The van der Waals surface area contributed by atoms with Crippen molar-refractivity contribution in [1.29, 1.82) is 0 Å². The van der Waals surface area contributed by atoms with Gasteiger partial charge in [-0.25, -0.2) is 4.79 Å². The predicted molar refractivity (Wildman–Crippen MR) is 80.1 cm³/mol. The number of para-hydroxylation sites is 1. The van der Waals surface area contributed by atoms with E-state index >= 15 is 0 Å². The summed E-state index contributed by atoms with van der Waals surface area (Å²) in [6, 6.07) is 7.82. The first-order valence-electron chi connectivity index (χ1n) is 6.51. The highest BCUT2D eigenvalue weighted by molar-refractivity contribution is 6.06. The monoisotopic (exact) mass is 284 g/mol. The van der Waals surface area contributed by atoms with Gasteiger partial charge in [0, 0.05) is 11.6 Å². The summed E-state index contributed by atoms with van der Waals surface area (Å²) in [5, 5.41) is 12.4. The fourth-order valence-electron chi connectivity index (χ4n) is 2.08. The van der Waals surface area contributed by atoms with Crippen LogP contribution in [0.4, 0.5) is 0 Å². The Morgan fingerprint density at radius 3 is 2.71 bits per heavy atom. The van der Waals surface area contributed by atoms with Crippen LogP contribution < -0.4 is 5.32 Å². The Morgan fingerprint density at radius 2 is 2.05 bits per heavy atom. The first-order chi connectivity index (χ1) is 9.99. The molecule has 2 rings (SSSR count). The number of fused-ring (bicyclic) bond motifs is 1. The summed E-state index contributed by atoms with van der Waals surface area (Å²) in [5.41, 5.74) is 1.80. The fourth-order valence-corrected chi connectivity index (χ4v) is 2.08. The third kappa shape index (κ3) is 3.45. The van der Waals surface area contributed by atoms with Crippen LogP contribution in [0.2, 0.25) is 0 Å². The maximum atomic E-state index is 12.3. The molecular weight excluding hydrogens is 268 g/mol. The standard InChI is InChI=1S/C16H16N2O3/c1-10(2)9-14(16(20)21)18-15(19)12-7-8-17-13-6-4-3-5-11(12)13/h3-8,14H,1,9H2,2H3,(H,18,19)(H,20,21)/t14-/m0/s1. The largest absolute Gasteiger partial charge is 0.480 e. The fraction of sp³-hybridized carbons (Fsp3) is 0.188. The normalized spacial score (nSPS) is 11.9. The minimum atomic E-state index is -1.08. The Bertz CT molecular complexity index is 704. The number of carbonyl (C=O) groups excluding carboxylic acids is 1. The molecule has 2 aromatic rings. The molecule has 0 fully saturated rings. The number of carboxylic acids is 1. The third-order valence-electron chi connectivity index (χ3n) is 3.05. The van der Waals surface area contributed by atoms with Crippen molar-refractivity contribution >= 4 is 22.8 Å². The molecule has 0 bridgehead atoms. The lowest BCUT2D eigenvalue weighted by atomic mass is 10.1. The minimum absolute atomic E-state index is 0.199. The molecule has 0 unspecified atom stereocenters. The van der Waals surface area contributed by atoms with Crippen LogP contribution in [0.15, 0.2) is 48.7 Å². The maximum absolute atomic E-state index is 12.3.